The number of β-amino-alcohol motifs (C(OH)–C–C–N with tert-alkyl or cyclic N) is 1. The largest absolute Gasteiger partial charge is 0.444 e. The molecule has 6 rings (SSSR count). The van der Waals surface area contributed by atoms with E-state index in [9.17, 15) is 14.7 Å². The SMILES string of the molecule is Cc1cc(-c2nc(C(=O)Nc3cc4cn(CCC5CCNC5=O)nc4cc3N3CCC(O)C3)co2)ccn1. The maximum absolute atomic E-state index is 13.2. The molecule has 3 N–H and O–H groups in total. The number of aliphatic hydroxyl groups excluding tert-OH is 1. The van der Waals surface area contributed by atoms with Crippen molar-refractivity contribution in [1.82, 2.24) is 25.1 Å². The highest BCUT2D eigenvalue weighted by molar-refractivity contribution is 6.06. The fourth-order valence-electron chi connectivity index (χ4n) is 5.13. The quantitative estimate of drug-likeness (QED) is 0.342. The zero-order chi connectivity index (χ0) is 26.2. The number of fused-ring (bicyclic) bond motifs is 1. The van der Waals surface area contributed by atoms with Gasteiger partial charge in [-0.2, -0.15) is 5.10 Å². The van der Waals surface area contributed by atoms with Gasteiger partial charge in [-0.15, -0.1) is 0 Å². The molecule has 5 heterocycles. The first-order valence-corrected chi connectivity index (χ1v) is 12.8. The minimum Gasteiger partial charge on any atom is -0.444 e. The standard InChI is InChI=1S/C27H29N7O4/c1-16-10-18(3-6-28-16)27-31-23(15-38-27)26(37)30-22-11-19-13-34(9-4-17-2-7-29-25(17)36)32-21(19)12-24(22)33-8-5-20(35)14-33/h3,6,10-13,15,17,20,35H,2,4-5,7-9,14H2,1H3,(H,29,36)(H,30,37). The van der Waals surface area contributed by atoms with Crippen LogP contribution in [0, 0.1) is 12.8 Å². The van der Waals surface area contributed by atoms with Gasteiger partial charge in [0.2, 0.25) is 11.8 Å². The van der Waals surface area contributed by atoms with Crippen LogP contribution in [0.5, 0.6) is 0 Å². The molecule has 2 atom stereocenters. The van der Waals surface area contributed by atoms with Crippen molar-refractivity contribution in [2.45, 2.75) is 38.8 Å². The summed E-state index contributed by atoms with van der Waals surface area (Å²) < 4.78 is 7.43. The first-order valence-electron chi connectivity index (χ1n) is 12.8. The summed E-state index contributed by atoms with van der Waals surface area (Å²) in [7, 11) is 0. The summed E-state index contributed by atoms with van der Waals surface area (Å²) in [6, 6.07) is 7.46. The number of carbonyl (C=O) groups is 2. The molecule has 3 aromatic heterocycles. The van der Waals surface area contributed by atoms with E-state index in [1.807, 2.05) is 36.0 Å². The van der Waals surface area contributed by atoms with Crippen molar-refractivity contribution in [3.05, 3.63) is 54.3 Å². The number of benzene rings is 1. The van der Waals surface area contributed by atoms with Gasteiger partial charge in [0.15, 0.2) is 5.69 Å². The van der Waals surface area contributed by atoms with E-state index in [0.717, 1.165) is 47.2 Å². The van der Waals surface area contributed by atoms with Crippen LogP contribution >= 0.6 is 0 Å². The number of pyridine rings is 1. The average Bonchev–Trinajstić information content (AvgIpc) is 3.69. The molecule has 196 valence electrons. The first kappa shape index (κ1) is 24.1. The van der Waals surface area contributed by atoms with E-state index in [-0.39, 0.29) is 17.5 Å². The number of aryl methyl sites for hydroxylation is 2. The summed E-state index contributed by atoms with van der Waals surface area (Å²) in [4.78, 5) is 35.7. The third kappa shape index (κ3) is 4.84. The normalized spacial score (nSPS) is 19.3. The van der Waals surface area contributed by atoms with Gasteiger partial charge in [0.1, 0.15) is 6.26 Å². The van der Waals surface area contributed by atoms with Crippen molar-refractivity contribution < 1.29 is 19.1 Å². The molecule has 11 nitrogen and oxygen atoms in total. The smallest absolute Gasteiger partial charge is 0.277 e. The Hall–Kier alpha value is -4.25. The minimum absolute atomic E-state index is 0.0159. The highest BCUT2D eigenvalue weighted by Crippen LogP contribution is 2.34. The van der Waals surface area contributed by atoms with Crippen LogP contribution in [-0.4, -0.2) is 62.4 Å². The van der Waals surface area contributed by atoms with Crippen LogP contribution in [0.1, 0.15) is 35.4 Å². The van der Waals surface area contributed by atoms with Gasteiger partial charge >= 0.3 is 0 Å². The zero-order valence-electron chi connectivity index (χ0n) is 21.1. The highest BCUT2D eigenvalue weighted by atomic mass is 16.3. The molecular formula is C27H29N7O4. The van der Waals surface area contributed by atoms with Crippen LogP contribution in [-0.2, 0) is 11.3 Å². The first-order chi connectivity index (χ1) is 18.4. The minimum atomic E-state index is -0.425. The molecule has 2 unspecified atom stereocenters. The lowest BCUT2D eigenvalue weighted by atomic mass is 10.0. The number of nitrogens with zero attached hydrogens (tertiary/aromatic N) is 5. The monoisotopic (exact) mass is 515 g/mol. The molecule has 11 heteroatoms. The molecule has 2 saturated heterocycles. The van der Waals surface area contributed by atoms with E-state index in [2.05, 4.69) is 25.5 Å². The molecule has 2 fully saturated rings. The molecule has 0 bridgehead atoms. The van der Waals surface area contributed by atoms with Gasteiger partial charge in [-0.05, 0) is 50.5 Å². The second-order valence-electron chi connectivity index (χ2n) is 9.95. The number of amides is 2. The Kier molecular flexibility index (Phi) is 6.28. The van der Waals surface area contributed by atoms with Crippen molar-refractivity contribution >= 4 is 34.1 Å². The van der Waals surface area contributed by atoms with Crippen molar-refractivity contribution in [2.75, 3.05) is 29.9 Å². The molecule has 2 aliphatic rings. The Morgan fingerprint density at radius 3 is 2.95 bits per heavy atom. The molecule has 0 spiro atoms. The van der Waals surface area contributed by atoms with Gasteiger partial charge in [-0.1, -0.05) is 0 Å². The van der Waals surface area contributed by atoms with Gasteiger partial charge in [0.05, 0.1) is 23.0 Å². The molecule has 0 saturated carbocycles. The van der Waals surface area contributed by atoms with Crippen molar-refractivity contribution in [1.29, 1.82) is 0 Å². The van der Waals surface area contributed by atoms with Crippen molar-refractivity contribution in [3.63, 3.8) is 0 Å². The summed E-state index contributed by atoms with van der Waals surface area (Å²) in [6.07, 6.45) is 6.74. The number of hydrogen-bond acceptors (Lipinski definition) is 8. The van der Waals surface area contributed by atoms with E-state index in [1.54, 1.807) is 12.3 Å². The average molecular weight is 516 g/mol. The predicted octanol–water partition coefficient (Wildman–Crippen LogP) is 2.74. The Balaban J connectivity index is 1.26. The Labute approximate surface area is 218 Å². The third-order valence-corrected chi connectivity index (χ3v) is 7.17. The van der Waals surface area contributed by atoms with Gasteiger partial charge in [0.25, 0.3) is 5.91 Å². The number of oxazole rings is 1. The van der Waals surface area contributed by atoms with E-state index in [1.165, 1.54) is 6.26 Å². The van der Waals surface area contributed by atoms with Gasteiger partial charge in [-0.25, -0.2) is 4.98 Å². The summed E-state index contributed by atoms with van der Waals surface area (Å²) in [6.45, 7) is 4.38. The summed E-state index contributed by atoms with van der Waals surface area (Å²) >= 11 is 0. The lowest BCUT2D eigenvalue weighted by molar-refractivity contribution is -0.122. The number of hydrogen-bond donors (Lipinski definition) is 3. The second kappa shape index (κ2) is 9.90. The number of rotatable bonds is 7. The predicted molar refractivity (Wildman–Crippen MR) is 141 cm³/mol. The molecule has 0 radical (unpaired) electrons. The van der Waals surface area contributed by atoms with Crippen molar-refractivity contribution in [3.8, 4) is 11.5 Å². The fourth-order valence-corrected chi connectivity index (χ4v) is 5.13. The number of anilines is 2. The fraction of sp³-hybridized carbons (Fsp3) is 0.370. The summed E-state index contributed by atoms with van der Waals surface area (Å²) in [5.41, 5.74) is 3.91. The Morgan fingerprint density at radius 2 is 2.18 bits per heavy atom. The zero-order valence-corrected chi connectivity index (χ0v) is 21.1. The van der Waals surface area contributed by atoms with E-state index < -0.39 is 12.0 Å². The van der Waals surface area contributed by atoms with Crippen LogP contribution < -0.4 is 15.5 Å². The summed E-state index contributed by atoms with van der Waals surface area (Å²) in [5, 5.41) is 21.6. The topological polar surface area (TPSA) is 138 Å². The number of carbonyl (C=O) groups excluding carboxylic acids is 2. The molecular weight excluding hydrogens is 486 g/mol. The van der Waals surface area contributed by atoms with Crippen molar-refractivity contribution in [2.24, 2.45) is 5.92 Å². The van der Waals surface area contributed by atoms with Crippen LogP contribution in [0.25, 0.3) is 22.4 Å². The third-order valence-electron chi connectivity index (χ3n) is 7.17. The molecule has 0 aliphatic carbocycles. The van der Waals surface area contributed by atoms with E-state index in [4.69, 9.17) is 9.52 Å². The second-order valence-corrected chi connectivity index (χ2v) is 9.95. The van der Waals surface area contributed by atoms with Crippen LogP contribution in [0.3, 0.4) is 0 Å². The van der Waals surface area contributed by atoms with Crippen LogP contribution in [0.2, 0.25) is 0 Å². The Bertz CT molecular complexity index is 1510. The van der Waals surface area contributed by atoms with Crippen LogP contribution in [0.15, 0.2) is 47.3 Å². The van der Waals surface area contributed by atoms with E-state index >= 15 is 0 Å². The number of nitrogens with one attached hydrogen (secondary N) is 2. The van der Waals surface area contributed by atoms with Gasteiger partial charge in [0, 0.05) is 61.1 Å². The number of aliphatic hydroxyl groups is 1. The molecule has 4 aromatic rings. The Morgan fingerprint density at radius 1 is 1.29 bits per heavy atom. The molecule has 2 amide bonds. The van der Waals surface area contributed by atoms with E-state index in [0.29, 0.717) is 37.6 Å². The lowest BCUT2D eigenvalue weighted by Gasteiger charge is -2.21. The summed E-state index contributed by atoms with van der Waals surface area (Å²) in [5.74, 6) is 0.0702. The molecule has 38 heavy (non-hydrogen) atoms. The highest BCUT2D eigenvalue weighted by Gasteiger charge is 2.26. The van der Waals surface area contributed by atoms with Gasteiger partial charge < -0.3 is 25.1 Å². The van der Waals surface area contributed by atoms with Crippen LogP contribution in [0.4, 0.5) is 11.4 Å². The molecule has 1 aromatic carbocycles. The number of aromatic nitrogens is 4. The molecule has 2 aliphatic heterocycles. The maximum Gasteiger partial charge on any atom is 0.277 e. The van der Waals surface area contributed by atoms with Gasteiger partial charge in [-0.3, -0.25) is 19.3 Å². The maximum atomic E-state index is 13.2. The lowest BCUT2D eigenvalue weighted by Crippen LogP contribution is -2.23.